The second kappa shape index (κ2) is 7.13. The molecule has 22 heavy (non-hydrogen) atoms. The number of likely N-dealkylation sites (N-methyl/N-ethyl adjacent to an activating group) is 1. The average Bonchev–Trinajstić information content (AvgIpc) is 2.97. The van der Waals surface area contributed by atoms with Gasteiger partial charge in [-0.3, -0.25) is 9.59 Å². The summed E-state index contributed by atoms with van der Waals surface area (Å²) in [7, 11) is 1.62. The summed E-state index contributed by atoms with van der Waals surface area (Å²) in [5, 5.41) is 6.17. The lowest BCUT2D eigenvalue weighted by molar-refractivity contribution is -0.129. The zero-order chi connectivity index (χ0) is 16.1. The molecule has 0 aliphatic carbocycles. The van der Waals surface area contributed by atoms with E-state index in [1.165, 1.54) is 16.2 Å². The average molecular weight is 324 g/mol. The molecule has 7 heteroatoms. The molecule has 0 saturated heterocycles. The number of hydrogen-bond acceptors (Lipinski definition) is 3. The van der Waals surface area contributed by atoms with E-state index in [0.29, 0.717) is 12.6 Å². The Morgan fingerprint density at radius 2 is 2.05 bits per heavy atom. The van der Waals surface area contributed by atoms with Crippen molar-refractivity contribution in [3.63, 3.8) is 0 Å². The molecule has 116 valence electrons. The van der Waals surface area contributed by atoms with Crippen molar-refractivity contribution in [3.05, 3.63) is 57.8 Å². The third-order valence-corrected chi connectivity index (χ3v) is 3.73. The molecule has 0 bridgehead atoms. The van der Waals surface area contributed by atoms with Crippen LogP contribution in [0.2, 0.25) is 0 Å². The van der Waals surface area contributed by atoms with E-state index in [9.17, 15) is 18.4 Å². The lowest BCUT2D eigenvalue weighted by atomic mass is 10.2. The second-order valence-corrected chi connectivity index (χ2v) is 5.47. The number of nitrogens with one attached hydrogen (secondary N) is 1. The lowest BCUT2D eigenvalue weighted by Gasteiger charge is -2.16. The van der Waals surface area contributed by atoms with E-state index in [0.717, 1.165) is 17.7 Å². The summed E-state index contributed by atoms with van der Waals surface area (Å²) >= 11 is 1.53. The Hall–Kier alpha value is -2.28. The molecule has 0 aliphatic heterocycles. The van der Waals surface area contributed by atoms with E-state index in [1.807, 2.05) is 16.8 Å². The second-order valence-electron chi connectivity index (χ2n) is 4.69. The van der Waals surface area contributed by atoms with Gasteiger partial charge in [0.2, 0.25) is 5.91 Å². The van der Waals surface area contributed by atoms with Gasteiger partial charge in [-0.15, -0.1) is 0 Å². The molecule has 1 N–H and O–H groups in total. The predicted molar refractivity (Wildman–Crippen MR) is 79.5 cm³/mol. The largest absolute Gasteiger partial charge is 0.343 e. The van der Waals surface area contributed by atoms with Gasteiger partial charge in [-0.2, -0.15) is 11.3 Å². The zero-order valence-electron chi connectivity index (χ0n) is 11.8. The molecule has 0 spiro atoms. The first-order valence-electron chi connectivity index (χ1n) is 6.45. The van der Waals surface area contributed by atoms with Crippen molar-refractivity contribution in [2.24, 2.45) is 0 Å². The molecule has 1 aromatic heterocycles. The van der Waals surface area contributed by atoms with Crippen molar-refractivity contribution in [3.8, 4) is 0 Å². The summed E-state index contributed by atoms with van der Waals surface area (Å²) in [5.41, 5.74) is 0.700. The van der Waals surface area contributed by atoms with Crippen LogP contribution in [0.1, 0.15) is 15.9 Å². The Morgan fingerprint density at radius 1 is 1.27 bits per heavy atom. The molecule has 4 nitrogen and oxygen atoms in total. The molecule has 0 aliphatic rings. The molecular formula is C15H14F2N2O2S. The Kier molecular flexibility index (Phi) is 5.21. The number of halogens is 2. The molecule has 1 heterocycles. The maximum absolute atomic E-state index is 13.4. The Bertz CT molecular complexity index is 674. The van der Waals surface area contributed by atoms with E-state index in [2.05, 4.69) is 5.32 Å². The van der Waals surface area contributed by atoms with Crippen LogP contribution in [0.4, 0.5) is 8.78 Å². The molecular weight excluding hydrogens is 310 g/mol. The van der Waals surface area contributed by atoms with Crippen molar-refractivity contribution in [2.75, 3.05) is 13.6 Å². The van der Waals surface area contributed by atoms with Crippen LogP contribution in [0, 0.1) is 11.6 Å². The van der Waals surface area contributed by atoms with E-state index < -0.39 is 17.5 Å². The summed E-state index contributed by atoms with van der Waals surface area (Å²) in [6.45, 7) is 0.180. The van der Waals surface area contributed by atoms with Gasteiger partial charge in [0.25, 0.3) is 5.91 Å². The fourth-order valence-electron chi connectivity index (χ4n) is 1.80. The van der Waals surface area contributed by atoms with E-state index in [4.69, 9.17) is 0 Å². The smallest absolute Gasteiger partial charge is 0.254 e. The summed E-state index contributed by atoms with van der Waals surface area (Å²) in [6.07, 6.45) is 0. The zero-order valence-corrected chi connectivity index (χ0v) is 12.6. The van der Waals surface area contributed by atoms with E-state index in [1.54, 1.807) is 7.05 Å². The third kappa shape index (κ3) is 4.11. The monoisotopic (exact) mass is 324 g/mol. The molecule has 0 atom stereocenters. The van der Waals surface area contributed by atoms with Crippen molar-refractivity contribution in [1.29, 1.82) is 0 Å². The SMILES string of the molecule is CN(Cc1ccsc1)C(=O)CNC(=O)c1ccc(F)cc1F. The van der Waals surface area contributed by atoms with Gasteiger partial charge >= 0.3 is 0 Å². The maximum atomic E-state index is 13.4. The van der Waals surface area contributed by atoms with Crippen LogP contribution in [0.3, 0.4) is 0 Å². The van der Waals surface area contributed by atoms with Gasteiger partial charge in [0.1, 0.15) is 11.6 Å². The Balaban J connectivity index is 1.88. The van der Waals surface area contributed by atoms with Gasteiger partial charge in [0.05, 0.1) is 12.1 Å². The fraction of sp³-hybridized carbons (Fsp3) is 0.200. The number of benzene rings is 1. The first-order valence-corrected chi connectivity index (χ1v) is 7.40. The molecule has 0 unspecified atom stereocenters. The summed E-state index contributed by atoms with van der Waals surface area (Å²) in [6, 6.07) is 4.56. The molecule has 0 radical (unpaired) electrons. The summed E-state index contributed by atoms with van der Waals surface area (Å²) < 4.78 is 26.2. The van der Waals surface area contributed by atoms with Crippen molar-refractivity contribution < 1.29 is 18.4 Å². The van der Waals surface area contributed by atoms with Crippen LogP contribution in [0.25, 0.3) is 0 Å². The highest BCUT2D eigenvalue weighted by Crippen LogP contribution is 2.10. The number of rotatable bonds is 5. The minimum absolute atomic E-state index is 0.254. The number of thiophene rings is 1. The van der Waals surface area contributed by atoms with Gasteiger partial charge in [-0.05, 0) is 34.5 Å². The number of carbonyl (C=O) groups excluding carboxylic acids is 2. The van der Waals surface area contributed by atoms with Crippen molar-refractivity contribution >= 4 is 23.2 Å². The Labute approximate surface area is 130 Å². The number of carbonyl (C=O) groups is 2. The van der Waals surface area contributed by atoms with E-state index >= 15 is 0 Å². The van der Waals surface area contributed by atoms with Crippen LogP contribution in [-0.4, -0.2) is 30.3 Å². The van der Waals surface area contributed by atoms with Gasteiger partial charge in [-0.1, -0.05) is 0 Å². The number of hydrogen-bond donors (Lipinski definition) is 1. The minimum atomic E-state index is -0.962. The van der Waals surface area contributed by atoms with Crippen LogP contribution in [-0.2, 0) is 11.3 Å². The van der Waals surface area contributed by atoms with Crippen molar-refractivity contribution in [1.82, 2.24) is 10.2 Å². The third-order valence-electron chi connectivity index (χ3n) is 3.00. The lowest BCUT2D eigenvalue weighted by Crippen LogP contribution is -2.38. The first-order chi connectivity index (χ1) is 10.5. The Morgan fingerprint density at radius 3 is 2.68 bits per heavy atom. The molecule has 2 amide bonds. The molecule has 0 fully saturated rings. The van der Waals surface area contributed by atoms with Crippen LogP contribution in [0.5, 0.6) is 0 Å². The fourth-order valence-corrected chi connectivity index (χ4v) is 2.46. The maximum Gasteiger partial charge on any atom is 0.254 e. The summed E-state index contributed by atoms with van der Waals surface area (Å²) in [5.74, 6) is -2.78. The quantitative estimate of drug-likeness (QED) is 0.918. The molecule has 1 aromatic carbocycles. The normalized spacial score (nSPS) is 10.3. The van der Waals surface area contributed by atoms with Gasteiger partial charge in [-0.25, -0.2) is 8.78 Å². The highest BCUT2D eigenvalue weighted by atomic mass is 32.1. The van der Waals surface area contributed by atoms with E-state index in [-0.39, 0.29) is 18.0 Å². The predicted octanol–water partition coefficient (Wildman–Crippen LogP) is 2.41. The number of amides is 2. The highest BCUT2D eigenvalue weighted by Gasteiger charge is 2.15. The standard InChI is InChI=1S/C15H14F2N2O2S/c1-19(8-10-4-5-22-9-10)14(20)7-18-15(21)12-3-2-11(16)6-13(12)17/h2-6,9H,7-8H2,1H3,(H,18,21). The van der Waals surface area contributed by atoms with Crippen molar-refractivity contribution in [2.45, 2.75) is 6.54 Å². The van der Waals surface area contributed by atoms with Crippen LogP contribution in [0.15, 0.2) is 35.0 Å². The number of nitrogens with zero attached hydrogens (tertiary/aromatic N) is 1. The van der Waals surface area contributed by atoms with Crippen LogP contribution < -0.4 is 5.32 Å². The minimum Gasteiger partial charge on any atom is -0.343 e. The highest BCUT2D eigenvalue weighted by molar-refractivity contribution is 7.07. The van der Waals surface area contributed by atoms with Gasteiger partial charge in [0.15, 0.2) is 0 Å². The summed E-state index contributed by atoms with van der Waals surface area (Å²) in [4.78, 5) is 25.1. The first kappa shape index (κ1) is 16.1. The van der Waals surface area contributed by atoms with Crippen LogP contribution >= 0.6 is 11.3 Å². The van der Waals surface area contributed by atoms with Gasteiger partial charge < -0.3 is 10.2 Å². The topological polar surface area (TPSA) is 49.4 Å². The molecule has 2 aromatic rings. The molecule has 2 rings (SSSR count). The van der Waals surface area contributed by atoms with Gasteiger partial charge in [0, 0.05) is 19.7 Å². The molecule has 0 saturated carbocycles.